The molecular weight excluding hydrogens is 266 g/mol. The molecule has 2 N–H and O–H groups in total. The third kappa shape index (κ3) is 3.15. The molecule has 2 heterocycles. The van der Waals surface area contributed by atoms with Crippen LogP contribution >= 0.6 is 0 Å². The Morgan fingerprint density at radius 2 is 2.14 bits per heavy atom. The Labute approximate surface area is 123 Å². The lowest BCUT2D eigenvalue weighted by atomic mass is 10.2. The Kier molecular flexibility index (Phi) is 4.03. The van der Waals surface area contributed by atoms with Crippen LogP contribution in [0.3, 0.4) is 0 Å². The van der Waals surface area contributed by atoms with E-state index in [1.165, 1.54) is 0 Å². The normalized spacial score (nSPS) is 21.4. The number of rotatable bonds is 4. The van der Waals surface area contributed by atoms with Crippen molar-refractivity contribution in [3.8, 4) is 5.69 Å². The molecule has 1 aliphatic heterocycles. The van der Waals surface area contributed by atoms with Gasteiger partial charge in [0.2, 0.25) is 5.91 Å². The Morgan fingerprint density at radius 1 is 1.33 bits per heavy atom. The maximum absolute atomic E-state index is 12.2. The van der Waals surface area contributed by atoms with Crippen molar-refractivity contribution in [3.05, 3.63) is 48.8 Å². The molecule has 0 radical (unpaired) electrons. The predicted molar refractivity (Wildman–Crippen MR) is 81.6 cm³/mol. The maximum Gasteiger partial charge on any atom is 0.241 e. The fraction of sp³-hybridized carbons (Fsp3) is 0.312. The maximum atomic E-state index is 12.2. The Morgan fingerprint density at radius 3 is 2.86 bits per heavy atom. The van der Waals surface area contributed by atoms with E-state index in [2.05, 4.69) is 10.6 Å². The number of ether oxygens (including phenoxy) is 1. The second-order valence-corrected chi connectivity index (χ2v) is 5.18. The summed E-state index contributed by atoms with van der Waals surface area (Å²) in [6.45, 7) is 0.720. The largest absolute Gasteiger partial charge is 0.380 e. The molecule has 5 heteroatoms. The van der Waals surface area contributed by atoms with Gasteiger partial charge in [-0.05, 0) is 36.8 Å². The van der Waals surface area contributed by atoms with Crippen LogP contribution in [0, 0.1) is 0 Å². The van der Waals surface area contributed by atoms with Crippen LogP contribution in [-0.2, 0) is 9.53 Å². The van der Waals surface area contributed by atoms with Crippen molar-refractivity contribution in [3.63, 3.8) is 0 Å². The van der Waals surface area contributed by atoms with Crippen molar-refractivity contribution < 1.29 is 9.53 Å². The van der Waals surface area contributed by atoms with Crippen molar-refractivity contribution in [1.29, 1.82) is 0 Å². The van der Waals surface area contributed by atoms with E-state index in [1.54, 1.807) is 7.11 Å². The molecule has 0 aliphatic carbocycles. The molecule has 1 aromatic heterocycles. The van der Waals surface area contributed by atoms with Crippen molar-refractivity contribution in [2.45, 2.75) is 18.6 Å². The van der Waals surface area contributed by atoms with Gasteiger partial charge in [-0.2, -0.15) is 0 Å². The van der Waals surface area contributed by atoms with Crippen molar-refractivity contribution >= 4 is 11.6 Å². The molecule has 0 spiro atoms. The van der Waals surface area contributed by atoms with Crippen LogP contribution in [0.15, 0.2) is 48.8 Å². The molecule has 2 aromatic rings. The number of nitrogens with one attached hydrogen (secondary N) is 2. The monoisotopic (exact) mass is 285 g/mol. The van der Waals surface area contributed by atoms with Crippen LogP contribution in [0.5, 0.6) is 0 Å². The molecule has 1 aliphatic rings. The summed E-state index contributed by atoms with van der Waals surface area (Å²) < 4.78 is 7.27. The van der Waals surface area contributed by atoms with Crippen LogP contribution in [0.25, 0.3) is 5.69 Å². The number of hydrogen-bond acceptors (Lipinski definition) is 3. The summed E-state index contributed by atoms with van der Waals surface area (Å²) in [6, 6.07) is 11.5. The lowest BCUT2D eigenvalue weighted by Gasteiger charge is -2.12. The van der Waals surface area contributed by atoms with Crippen molar-refractivity contribution in [1.82, 2.24) is 9.88 Å². The van der Waals surface area contributed by atoms with Gasteiger partial charge >= 0.3 is 0 Å². The van der Waals surface area contributed by atoms with Gasteiger partial charge in [0, 0.05) is 37.4 Å². The SMILES string of the molecule is COC1CNC(C(=O)Nc2cccc(-n3cccc3)c2)C1. The number of benzene rings is 1. The molecule has 2 unspecified atom stereocenters. The minimum absolute atomic E-state index is 0.0146. The summed E-state index contributed by atoms with van der Waals surface area (Å²) in [5, 5.41) is 6.14. The van der Waals surface area contributed by atoms with Gasteiger partial charge < -0.3 is 19.9 Å². The van der Waals surface area contributed by atoms with Gasteiger partial charge in [-0.25, -0.2) is 0 Å². The van der Waals surface area contributed by atoms with Crippen molar-refractivity contribution in [2.75, 3.05) is 19.0 Å². The highest BCUT2D eigenvalue weighted by Gasteiger charge is 2.29. The molecule has 2 atom stereocenters. The van der Waals surface area contributed by atoms with E-state index >= 15 is 0 Å². The van der Waals surface area contributed by atoms with Crippen LogP contribution in [-0.4, -0.2) is 36.3 Å². The quantitative estimate of drug-likeness (QED) is 0.900. The van der Waals surface area contributed by atoms with E-state index in [9.17, 15) is 4.79 Å². The van der Waals surface area contributed by atoms with Gasteiger partial charge in [0.15, 0.2) is 0 Å². The number of carbonyl (C=O) groups is 1. The summed E-state index contributed by atoms with van der Waals surface area (Å²) in [5.41, 5.74) is 1.82. The molecule has 1 amide bonds. The molecule has 21 heavy (non-hydrogen) atoms. The van der Waals surface area contributed by atoms with Gasteiger partial charge in [0.1, 0.15) is 0 Å². The summed E-state index contributed by atoms with van der Waals surface area (Å²) in [4.78, 5) is 12.2. The zero-order valence-electron chi connectivity index (χ0n) is 12.0. The highest BCUT2D eigenvalue weighted by Crippen LogP contribution is 2.17. The first-order valence-electron chi connectivity index (χ1n) is 7.07. The van der Waals surface area contributed by atoms with Crippen molar-refractivity contribution in [2.24, 2.45) is 0 Å². The van der Waals surface area contributed by atoms with Gasteiger partial charge in [0.05, 0.1) is 12.1 Å². The third-order valence-electron chi connectivity index (χ3n) is 3.76. The molecule has 5 nitrogen and oxygen atoms in total. The Balaban J connectivity index is 1.68. The Hall–Kier alpha value is -2.11. The number of hydrogen-bond donors (Lipinski definition) is 2. The molecular formula is C16H19N3O2. The molecule has 0 saturated carbocycles. The number of nitrogens with zero attached hydrogens (tertiary/aromatic N) is 1. The second kappa shape index (κ2) is 6.11. The van der Waals surface area contributed by atoms with E-state index in [4.69, 9.17) is 4.74 Å². The number of methoxy groups -OCH3 is 1. The van der Waals surface area contributed by atoms with E-state index in [0.29, 0.717) is 6.42 Å². The van der Waals surface area contributed by atoms with Crippen LogP contribution in [0.2, 0.25) is 0 Å². The number of anilines is 1. The summed E-state index contributed by atoms with van der Waals surface area (Å²) in [5.74, 6) is -0.0146. The fourth-order valence-electron chi connectivity index (χ4n) is 2.56. The first-order valence-corrected chi connectivity index (χ1v) is 7.07. The second-order valence-electron chi connectivity index (χ2n) is 5.18. The average molecular weight is 285 g/mol. The molecule has 1 aromatic carbocycles. The lowest BCUT2D eigenvalue weighted by Crippen LogP contribution is -2.35. The third-order valence-corrected chi connectivity index (χ3v) is 3.76. The average Bonchev–Trinajstić information content (AvgIpc) is 3.19. The zero-order valence-corrected chi connectivity index (χ0v) is 12.0. The fourth-order valence-corrected chi connectivity index (χ4v) is 2.56. The van der Waals surface area contributed by atoms with Gasteiger partial charge in [-0.1, -0.05) is 6.07 Å². The first kappa shape index (κ1) is 13.9. The Bertz CT molecular complexity index is 610. The smallest absolute Gasteiger partial charge is 0.241 e. The molecule has 3 rings (SSSR count). The molecule has 1 fully saturated rings. The van der Waals surface area contributed by atoms with Crippen LogP contribution in [0.4, 0.5) is 5.69 Å². The van der Waals surface area contributed by atoms with E-state index in [-0.39, 0.29) is 18.1 Å². The molecule has 0 bridgehead atoms. The summed E-state index contributed by atoms with van der Waals surface area (Å²) >= 11 is 0. The molecule has 1 saturated heterocycles. The van der Waals surface area contributed by atoms with Gasteiger partial charge in [-0.15, -0.1) is 0 Å². The van der Waals surface area contributed by atoms with E-state index in [0.717, 1.165) is 17.9 Å². The number of carbonyl (C=O) groups excluding carboxylic acids is 1. The van der Waals surface area contributed by atoms with Gasteiger partial charge in [0.25, 0.3) is 0 Å². The highest BCUT2D eigenvalue weighted by molar-refractivity contribution is 5.95. The van der Waals surface area contributed by atoms with Crippen LogP contribution < -0.4 is 10.6 Å². The molecule has 110 valence electrons. The highest BCUT2D eigenvalue weighted by atomic mass is 16.5. The summed E-state index contributed by atoms with van der Waals surface area (Å²) in [6.07, 6.45) is 4.78. The number of amides is 1. The standard InChI is InChI=1S/C16H19N3O2/c1-21-14-10-15(17-11-14)16(20)18-12-5-4-6-13(9-12)19-7-2-3-8-19/h2-9,14-15,17H,10-11H2,1H3,(H,18,20). The topological polar surface area (TPSA) is 55.3 Å². The minimum Gasteiger partial charge on any atom is -0.380 e. The number of aromatic nitrogens is 1. The van der Waals surface area contributed by atoms with Crippen LogP contribution in [0.1, 0.15) is 6.42 Å². The van der Waals surface area contributed by atoms with Gasteiger partial charge in [-0.3, -0.25) is 4.79 Å². The minimum atomic E-state index is -0.190. The predicted octanol–water partition coefficient (Wildman–Crippen LogP) is 1.79. The first-order chi connectivity index (χ1) is 10.3. The zero-order chi connectivity index (χ0) is 14.7. The van der Waals surface area contributed by atoms with E-state index < -0.39 is 0 Å². The van der Waals surface area contributed by atoms with E-state index in [1.807, 2.05) is 53.4 Å². The summed E-state index contributed by atoms with van der Waals surface area (Å²) in [7, 11) is 1.67. The lowest BCUT2D eigenvalue weighted by molar-refractivity contribution is -0.118.